The van der Waals surface area contributed by atoms with Gasteiger partial charge in [0.2, 0.25) is 0 Å². The molecule has 3 rings (SSSR count). The van der Waals surface area contributed by atoms with Crippen LogP contribution in [0.25, 0.3) is 0 Å². The maximum Gasteiger partial charge on any atom is 0.308 e. The van der Waals surface area contributed by atoms with Gasteiger partial charge in [0, 0.05) is 4.88 Å². The number of thioether (sulfide) groups is 1. The summed E-state index contributed by atoms with van der Waals surface area (Å²) in [5.74, 6) is 2.85. The first-order chi connectivity index (χ1) is 9.83. The van der Waals surface area contributed by atoms with Crippen molar-refractivity contribution >= 4 is 29.1 Å². The molecule has 0 aliphatic carbocycles. The van der Waals surface area contributed by atoms with Crippen molar-refractivity contribution in [1.82, 2.24) is 0 Å². The van der Waals surface area contributed by atoms with Crippen molar-refractivity contribution in [2.45, 2.75) is 31.8 Å². The van der Waals surface area contributed by atoms with Gasteiger partial charge in [0.1, 0.15) is 6.10 Å². The van der Waals surface area contributed by atoms with Crippen molar-refractivity contribution < 1.29 is 14.3 Å². The van der Waals surface area contributed by atoms with Gasteiger partial charge < -0.3 is 9.47 Å². The summed E-state index contributed by atoms with van der Waals surface area (Å²) in [5, 5.41) is 2.08. The van der Waals surface area contributed by atoms with Gasteiger partial charge in [-0.3, -0.25) is 4.79 Å². The van der Waals surface area contributed by atoms with E-state index in [0.29, 0.717) is 25.6 Å². The molecule has 0 unspecified atom stereocenters. The van der Waals surface area contributed by atoms with E-state index in [1.54, 1.807) is 11.3 Å². The van der Waals surface area contributed by atoms with Crippen LogP contribution in [0.2, 0.25) is 0 Å². The van der Waals surface area contributed by atoms with Crippen molar-refractivity contribution in [3.63, 3.8) is 0 Å². The van der Waals surface area contributed by atoms with E-state index in [-0.39, 0.29) is 12.1 Å². The number of esters is 1. The minimum Gasteiger partial charge on any atom is -0.465 e. The lowest BCUT2D eigenvalue weighted by molar-refractivity contribution is -0.148. The van der Waals surface area contributed by atoms with Crippen LogP contribution in [-0.2, 0) is 20.7 Å². The monoisotopic (exact) mass is 312 g/mol. The lowest BCUT2D eigenvalue weighted by Crippen LogP contribution is -2.22. The van der Waals surface area contributed by atoms with Crippen LogP contribution in [0.3, 0.4) is 0 Å². The topological polar surface area (TPSA) is 35.5 Å². The predicted octanol–water partition coefficient (Wildman–Crippen LogP) is 3.44. The molecular formula is C15H20O3S2. The molecule has 20 heavy (non-hydrogen) atoms. The normalized spacial score (nSPS) is 23.3. The molecule has 3 heterocycles. The lowest BCUT2D eigenvalue weighted by atomic mass is 10.0. The Morgan fingerprint density at radius 1 is 1.40 bits per heavy atom. The van der Waals surface area contributed by atoms with E-state index < -0.39 is 0 Å². The molecule has 0 saturated carbocycles. The van der Waals surface area contributed by atoms with Gasteiger partial charge in [0.25, 0.3) is 0 Å². The van der Waals surface area contributed by atoms with Crippen LogP contribution in [0.5, 0.6) is 0 Å². The van der Waals surface area contributed by atoms with Crippen LogP contribution in [-0.4, -0.2) is 30.7 Å². The Kier molecular flexibility index (Phi) is 5.02. The maximum atomic E-state index is 12.0. The average molecular weight is 312 g/mol. The van der Waals surface area contributed by atoms with E-state index in [2.05, 4.69) is 11.4 Å². The summed E-state index contributed by atoms with van der Waals surface area (Å²) in [4.78, 5) is 13.2. The Morgan fingerprint density at radius 3 is 3.10 bits per heavy atom. The van der Waals surface area contributed by atoms with Crippen LogP contribution >= 0.6 is 23.1 Å². The summed E-state index contributed by atoms with van der Waals surface area (Å²) in [5.41, 5.74) is 1.34. The first-order valence-corrected chi connectivity index (χ1v) is 9.27. The molecule has 1 saturated heterocycles. The van der Waals surface area contributed by atoms with Gasteiger partial charge in [-0.1, -0.05) is 0 Å². The van der Waals surface area contributed by atoms with Crippen molar-refractivity contribution in [1.29, 1.82) is 0 Å². The molecule has 1 aromatic heterocycles. The predicted molar refractivity (Wildman–Crippen MR) is 82.3 cm³/mol. The molecule has 1 fully saturated rings. The summed E-state index contributed by atoms with van der Waals surface area (Å²) in [6.45, 7) is 1.30. The molecule has 0 amide bonds. The second-order valence-electron chi connectivity index (χ2n) is 5.36. The average Bonchev–Trinajstić information content (AvgIpc) is 2.96. The zero-order chi connectivity index (χ0) is 13.8. The first-order valence-electron chi connectivity index (χ1n) is 7.24. The van der Waals surface area contributed by atoms with Gasteiger partial charge in [-0.2, -0.15) is 11.8 Å². The quantitative estimate of drug-likeness (QED) is 0.798. The minimum absolute atomic E-state index is 0.0897. The van der Waals surface area contributed by atoms with Crippen LogP contribution in [0, 0.1) is 5.92 Å². The lowest BCUT2D eigenvalue weighted by Gasteiger charge is -2.24. The van der Waals surface area contributed by atoms with E-state index in [1.807, 2.05) is 11.8 Å². The van der Waals surface area contributed by atoms with Crippen LogP contribution in [0.1, 0.15) is 35.8 Å². The summed E-state index contributed by atoms with van der Waals surface area (Å²) in [6, 6.07) is 2.14. The van der Waals surface area contributed by atoms with Gasteiger partial charge in [-0.25, -0.2) is 0 Å². The standard InChI is InChI=1S/C15H20O3S2/c16-14(18-10-11-2-6-19-7-3-11)9-13-15-12(1-5-17-13)4-8-20-15/h4,8,11,13H,1-3,5-7,9-10H2/t13-/m1/s1. The van der Waals surface area contributed by atoms with Gasteiger partial charge >= 0.3 is 5.97 Å². The second-order valence-corrected chi connectivity index (χ2v) is 7.53. The fourth-order valence-electron chi connectivity index (χ4n) is 2.71. The van der Waals surface area contributed by atoms with Gasteiger partial charge in [-0.05, 0) is 53.7 Å². The fourth-order valence-corrected chi connectivity index (χ4v) is 4.92. The number of carbonyl (C=O) groups excluding carboxylic acids is 1. The Labute approximate surface area is 128 Å². The molecule has 0 radical (unpaired) electrons. The SMILES string of the molecule is O=C(C[C@H]1OCCc2ccsc21)OCC1CCSCC1. The smallest absolute Gasteiger partial charge is 0.308 e. The van der Waals surface area contributed by atoms with E-state index in [4.69, 9.17) is 9.47 Å². The molecule has 2 aliphatic heterocycles. The van der Waals surface area contributed by atoms with E-state index in [9.17, 15) is 4.79 Å². The summed E-state index contributed by atoms with van der Waals surface area (Å²) in [6.07, 6.45) is 3.58. The number of rotatable bonds is 4. The molecule has 0 aromatic carbocycles. The highest BCUT2D eigenvalue weighted by atomic mass is 32.2. The highest BCUT2D eigenvalue weighted by Crippen LogP contribution is 2.34. The summed E-state index contributed by atoms with van der Waals surface area (Å²) in [7, 11) is 0. The van der Waals surface area contributed by atoms with Crippen LogP contribution in [0.4, 0.5) is 0 Å². The van der Waals surface area contributed by atoms with Crippen LogP contribution in [0.15, 0.2) is 11.4 Å². The molecule has 0 bridgehead atoms. The van der Waals surface area contributed by atoms with E-state index in [0.717, 1.165) is 6.42 Å². The Morgan fingerprint density at radius 2 is 2.25 bits per heavy atom. The second kappa shape index (κ2) is 6.96. The Hall–Kier alpha value is -0.520. The largest absolute Gasteiger partial charge is 0.465 e. The Bertz CT molecular complexity index is 452. The zero-order valence-corrected chi connectivity index (χ0v) is 13.1. The van der Waals surface area contributed by atoms with E-state index in [1.165, 1.54) is 34.8 Å². The number of ether oxygens (including phenoxy) is 2. The van der Waals surface area contributed by atoms with Gasteiger partial charge in [0.05, 0.1) is 19.6 Å². The third kappa shape index (κ3) is 3.57. The molecule has 1 atom stereocenters. The van der Waals surface area contributed by atoms with Crippen molar-refractivity contribution in [3.8, 4) is 0 Å². The number of fused-ring (bicyclic) bond motifs is 1. The van der Waals surface area contributed by atoms with Gasteiger partial charge in [-0.15, -0.1) is 11.3 Å². The van der Waals surface area contributed by atoms with E-state index >= 15 is 0 Å². The van der Waals surface area contributed by atoms with Crippen molar-refractivity contribution in [3.05, 3.63) is 21.9 Å². The first kappa shape index (κ1) is 14.4. The van der Waals surface area contributed by atoms with Crippen molar-refractivity contribution in [2.24, 2.45) is 5.92 Å². The molecule has 1 aromatic rings. The third-order valence-corrected chi connectivity index (χ3v) is 6.04. The molecular weight excluding hydrogens is 292 g/mol. The minimum atomic E-state index is -0.116. The highest BCUT2D eigenvalue weighted by Gasteiger charge is 2.25. The number of carbonyl (C=O) groups is 1. The zero-order valence-electron chi connectivity index (χ0n) is 11.5. The molecule has 110 valence electrons. The number of hydrogen-bond acceptors (Lipinski definition) is 5. The highest BCUT2D eigenvalue weighted by molar-refractivity contribution is 7.99. The summed E-state index contributed by atoms with van der Waals surface area (Å²) < 4.78 is 11.2. The molecule has 0 N–H and O–H groups in total. The molecule has 5 heteroatoms. The fraction of sp³-hybridized carbons (Fsp3) is 0.667. The number of thiophene rings is 1. The Balaban J connectivity index is 1.47. The van der Waals surface area contributed by atoms with Crippen LogP contribution < -0.4 is 0 Å². The van der Waals surface area contributed by atoms with Crippen molar-refractivity contribution in [2.75, 3.05) is 24.7 Å². The number of hydrogen-bond donors (Lipinski definition) is 0. The van der Waals surface area contributed by atoms with Gasteiger partial charge in [0.15, 0.2) is 0 Å². The summed E-state index contributed by atoms with van der Waals surface area (Å²) >= 11 is 3.68. The molecule has 2 aliphatic rings. The molecule has 3 nitrogen and oxygen atoms in total. The third-order valence-electron chi connectivity index (χ3n) is 3.94. The maximum absolute atomic E-state index is 12.0. The molecule has 0 spiro atoms.